The molecule has 0 spiro atoms. The maximum Gasteiger partial charge on any atom is 0.375 e. The van der Waals surface area contributed by atoms with Crippen molar-refractivity contribution in [3.63, 3.8) is 0 Å². The van der Waals surface area contributed by atoms with Crippen LogP contribution in [0.15, 0.2) is 66.9 Å². The number of allylic oxidation sites excluding steroid dienone is 1. The minimum absolute atomic E-state index is 0.105. The predicted molar refractivity (Wildman–Crippen MR) is 104 cm³/mol. The number of hydrogen-bond acceptors (Lipinski definition) is 4. The van der Waals surface area contributed by atoms with Crippen molar-refractivity contribution in [1.29, 1.82) is 0 Å². The maximum atomic E-state index is 12.0. The van der Waals surface area contributed by atoms with E-state index in [1.54, 1.807) is 13.0 Å². The Morgan fingerprint density at radius 3 is 2.44 bits per heavy atom. The average molecular weight is 361 g/mol. The number of Topliss-reactive ketones (excluding diaryl/α,β-unsaturated/α-hetero) is 1. The summed E-state index contributed by atoms with van der Waals surface area (Å²) in [6.07, 6.45) is 4.44. The molecule has 27 heavy (non-hydrogen) atoms. The number of ether oxygens (including phenoxy) is 1. The fourth-order valence-corrected chi connectivity index (χ4v) is 2.82. The second-order valence-corrected chi connectivity index (χ2v) is 5.93. The molecule has 1 aromatic heterocycles. The standard InChI is InChI=1S/C22H19NO4/c1-2-27-22(26)21(25)14-18(24)13-12-16-15-23(17-8-4-3-5-9-17)20-11-7-6-10-19(16)20/h3-13,15H,2,14H2,1H3/b13-12+. The largest absolute Gasteiger partial charge is 0.460 e. The quantitative estimate of drug-likeness (QED) is 0.278. The van der Waals surface area contributed by atoms with Crippen molar-refractivity contribution in [1.82, 2.24) is 4.57 Å². The van der Waals surface area contributed by atoms with E-state index < -0.39 is 24.0 Å². The first-order chi connectivity index (χ1) is 13.1. The summed E-state index contributed by atoms with van der Waals surface area (Å²) in [5.41, 5.74) is 2.88. The Morgan fingerprint density at radius 1 is 1.00 bits per heavy atom. The Balaban J connectivity index is 1.85. The fraction of sp³-hybridized carbons (Fsp3) is 0.136. The molecule has 0 unspecified atom stereocenters. The second kappa shape index (κ2) is 8.27. The summed E-state index contributed by atoms with van der Waals surface area (Å²) in [4.78, 5) is 35.0. The third-order valence-corrected chi connectivity index (χ3v) is 4.06. The number of para-hydroxylation sites is 2. The van der Waals surface area contributed by atoms with Crippen LogP contribution in [-0.4, -0.2) is 28.7 Å². The molecule has 0 bridgehead atoms. The van der Waals surface area contributed by atoms with Gasteiger partial charge in [-0.3, -0.25) is 9.59 Å². The van der Waals surface area contributed by atoms with E-state index in [1.165, 1.54) is 6.08 Å². The molecule has 0 radical (unpaired) electrons. The monoisotopic (exact) mass is 361 g/mol. The molecule has 3 aromatic rings. The van der Waals surface area contributed by atoms with Gasteiger partial charge in [-0.25, -0.2) is 4.79 Å². The molecule has 0 atom stereocenters. The predicted octanol–water partition coefficient (Wildman–Crippen LogP) is 3.74. The van der Waals surface area contributed by atoms with Crippen LogP contribution in [0.4, 0.5) is 0 Å². The zero-order valence-corrected chi connectivity index (χ0v) is 14.9. The van der Waals surface area contributed by atoms with Gasteiger partial charge in [0, 0.05) is 22.8 Å². The van der Waals surface area contributed by atoms with Crippen molar-refractivity contribution in [2.24, 2.45) is 0 Å². The molecule has 136 valence electrons. The first kappa shape index (κ1) is 18.3. The van der Waals surface area contributed by atoms with E-state index in [0.717, 1.165) is 22.2 Å². The third kappa shape index (κ3) is 4.20. The molecule has 3 rings (SSSR count). The molecular formula is C22H19NO4. The highest BCUT2D eigenvalue weighted by Crippen LogP contribution is 2.25. The summed E-state index contributed by atoms with van der Waals surface area (Å²) in [5, 5.41) is 0.988. The highest BCUT2D eigenvalue weighted by atomic mass is 16.5. The molecule has 0 N–H and O–H groups in total. The van der Waals surface area contributed by atoms with Crippen molar-refractivity contribution in [2.45, 2.75) is 13.3 Å². The highest BCUT2D eigenvalue weighted by molar-refractivity contribution is 6.37. The smallest absolute Gasteiger partial charge is 0.375 e. The zero-order chi connectivity index (χ0) is 19.2. The lowest BCUT2D eigenvalue weighted by molar-refractivity contribution is -0.154. The Hall–Kier alpha value is -3.47. The second-order valence-electron chi connectivity index (χ2n) is 5.93. The van der Waals surface area contributed by atoms with Gasteiger partial charge in [-0.2, -0.15) is 0 Å². The molecular weight excluding hydrogens is 342 g/mol. The number of benzene rings is 2. The molecule has 5 nitrogen and oxygen atoms in total. The number of fused-ring (bicyclic) bond motifs is 1. The van der Waals surface area contributed by atoms with Crippen molar-refractivity contribution in [3.05, 3.63) is 72.4 Å². The summed E-state index contributed by atoms with van der Waals surface area (Å²) in [6.45, 7) is 1.71. The molecule has 1 heterocycles. The number of nitrogens with zero attached hydrogens (tertiary/aromatic N) is 1. The number of carbonyl (C=O) groups excluding carboxylic acids is 3. The lowest BCUT2D eigenvalue weighted by atomic mass is 10.1. The van der Waals surface area contributed by atoms with Crippen molar-refractivity contribution >= 4 is 34.5 Å². The summed E-state index contributed by atoms with van der Waals surface area (Å²) < 4.78 is 6.65. The van der Waals surface area contributed by atoms with Crippen LogP contribution in [0.3, 0.4) is 0 Å². The van der Waals surface area contributed by atoms with E-state index in [0.29, 0.717) is 0 Å². The minimum Gasteiger partial charge on any atom is -0.460 e. The van der Waals surface area contributed by atoms with Gasteiger partial charge >= 0.3 is 5.97 Å². The number of ketones is 2. The molecule has 0 saturated heterocycles. The van der Waals surface area contributed by atoms with E-state index >= 15 is 0 Å². The zero-order valence-electron chi connectivity index (χ0n) is 14.9. The topological polar surface area (TPSA) is 65.4 Å². The van der Waals surface area contributed by atoms with Gasteiger partial charge < -0.3 is 9.30 Å². The number of aromatic nitrogens is 1. The third-order valence-electron chi connectivity index (χ3n) is 4.06. The van der Waals surface area contributed by atoms with Crippen LogP contribution in [0, 0.1) is 0 Å². The first-order valence-corrected chi connectivity index (χ1v) is 8.66. The summed E-state index contributed by atoms with van der Waals surface area (Å²) in [5.74, 6) is -2.25. The van der Waals surface area contributed by atoms with Crippen LogP contribution < -0.4 is 0 Å². The number of rotatable bonds is 7. The van der Waals surface area contributed by atoms with E-state index in [2.05, 4.69) is 4.74 Å². The van der Waals surface area contributed by atoms with Crippen LogP contribution >= 0.6 is 0 Å². The minimum atomic E-state index is -0.972. The van der Waals surface area contributed by atoms with Crippen molar-refractivity contribution in [3.8, 4) is 5.69 Å². The van der Waals surface area contributed by atoms with Crippen LogP contribution in [0.5, 0.6) is 0 Å². The average Bonchev–Trinajstić information content (AvgIpc) is 3.06. The van der Waals surface area contributed by atoms with Crippen LogP contribution in [0.2, 0.25) is 0 Å². The Labute approximate surface area is 156 Å². The fourth-order valence-electron chi connectivity index (χ4n) is 2.82. The van der Waals surface area contributed by atoms with E-state index in [1.807, 2.05) is 65.4 Å². The van der Waals surface area contributed by atoms with Crippen LogP contribution in [-0.2, 0) is 19.1 Å². The normalized spacial score (nSPS) is 11.0. The molecule has 0 amide bonds. The summed E-state index contributed by atoms with van der Waals surface area (Å²) in [7, 11) is 0. The van der Waals surface area contributed by atoms with Gasteiger partial charge in [-0.05, 0) is 37.3 Å². The van der Waals surface area contributed by atoms with Crippen LogP contribution in [0.1, 0.15) is 18.9 Å². The molecule has 0 aliphatic heterocycles. The lowest BCUT2D eigenvalue weighted by Gasteiger charge is -2.04. The Kier molecular flexibility index (Phi) is 5.61. The van der Waals surface area contributed by atoms with Crippen molar-refractivity contribution < 1.29 is 19.1 Å². The van der Waals surface area contributed by atoms with Gasteiger partial charge in [0.15, 0.2) is 5.78 Å². The Bertz CT molecular complexity index is 1020. The molecule has 2 aromatic carbocycles. The van der Waals surface area contributed by atoms with Gasteiger partial charge in [0.1, 0.15) is 0 Å². The van der Waals surface area contributed by atoms with E-state index in [-0.39, 0.29) is 6.61 Å². The van der Waals surface area contributed by atoms with Gasteiger partial charge in [0.05, 0.1) is 18.5 Å². The maximum absolute atomic E-state index is 12.0. The summed E-state index contributed by atoms with van der Waals surface area (Å²) in [6, 6.07) is 17.8. The summed E-state index contributed by atoms with van der Waals surface area (Å²) >= 11 is 0. The Morgan fingerprint density at radius 2 is 1.70 bits per heavy atom. The SMILES string of the molecule is CCOC(=O)C(=O)CC(=O)/C=C/c1cn(-c2ccccc2)c2ccccc12. The molecule has 0 aliphatic rings. The number of esters is 1. The molecule has 0 fully saturated rings. The van der Waals surface area contributed by atoms with E-state index in [9.17, 15) is 14.4 Å². The molecule has 0 saturated carbocycles. The number of hydrogen-bond donors (Lipinski definition) is 0. The molecule has 0 aliphatic carbocycles. The van der Waals surface area contributed by atoms with Gasteiger partial charge in [-0.15, -0.1) is 0 Å². The highest BCUT2D eigenvalue weighted by Gasteiger charge is 2.17. The number of carbonyl (C=O) groups is 3. The van der Waals surface area contributed by atoms with Gasteiger partial charge in [0.25, 0.3) is 0 Å². The molecule has 5 heteroatoms. The first-order valence-electron chi connectivity index (χ1n) is 8.66. The van der Waals surface area contributed by atoms with Crippen molar-refractivity contribution in [2.75, 3.05) is 6.61 Å². The van der Waals surface area contributed by atoms with Gasteiger partial charge in [0.2, 0.25) is 5.78 Å². The van der Waals surface area contributed by atoms with Gasteiger partial charge in [-0.1, -0.05) is 36.4 Å². The van der Waals surface area contributed by atoms with Crippen LogP contribution in [0.25, 0.3) is 22.7 Å². The van der Waals surface area contributed by atoms with E-state index in [4.69, 9.17) is 0 Å². The lowest BCUT2D eigenvalue weighted by Crippen LogP contribution is -2.19.